The van der Waals surface area contributed by atoms with Crippen LogP contribution in [0.1, 0.15) is 11.1 Å². The van der Waals surface area contributed by atoms with Crippen LogP contribution in [0.25, 0.3) is 22.5 Å². The molecule has 4 aromatic rings. The molecule has 0 spiro atoms. The molecule has 9 nitrogen and oxygen atoms in total. The monoisotopic (exact) mass is 468 g/mol. The smallest absolute Gasteiger partial charge is 0.226 e. The van der Waals surface area contributed by atoms with Gasteiger partial charge in [-0.05, 0) is 36.4 Å². The molecular weight excluding hydrogens is 440 g/mol. The predicted molar refractivity (Wildman–Crippen MR) is 135 cm³/mol. The first-order valence-corrected chi connectivity index (χ1v) is 11.6. The van der Waals surface area contributed by atoms with E-state index >= 15 is 0 Å². The highest BCUT2D eigenvalue weighted by Gasteiger charge is 2.17. The SMILES string of the molecule is CN(Cc1cccnc1)Cc1cccc(-c2cc(-c3cnc(N)nc3)nc(N3CCOCC3)n2)c1. The molecule has 0 radical (unpaired) electrons. The summed E-state index contributed by atoms with van der Waals surface area (Å²) < 4.78 is 5.52. The van der Waals surface area contributed by atoms with Crippen LogP contribution in [0.5, 0.6) is 0 Å². The molecule has 4 heterocycles. The molecule has 9 heteroatoms. The summed E-state index contributed by atoms with van der Waals surface area (Å²) in [7, 11) is 2.11. The number of anilines is 2. The first-order valence-electron chi connectivity index (χ1n) is 11.6. The van der Waals surface area contributed by atoms with Crippen LogP contribution in [-0.4, -0.2) is 63.2 Å². The van der Waals surface area contributed by atoms with E-state index in [1.54, 1.807) is 18.6 Å². The number of hydrogen-bond donors (Lipinski definition) is 1. The zero-order valence-electron chi connectivity index (χ0n) is 19.7. The number of nitrogen functional groups attached to an aromatic ring is 1. The molecular formula is C26H28N8O. The third-order valence-electron chi connectivity index (χ3n) is 5.83. The second kappa shape index (κ2) is 10.5. The van der Waals surface area contributed by atoms with Gasteiger partial charge in [0.25, 0.3) is 0 Å². The topological polar surface area (TPSA) is 106 Å². The zero-order chi connectivity index (χ0) is 24.0. The van der Waals surface area contributed by atoms with E-state index in [2.05, 4.69) is 62.1 Å². The molecule has 0 aliphatic carbocycles. The third kappa shape index (κ3) is 5.76. The van der Waals surface area contributed by atoms with E-state index in [0.717, 1.165) is 48.7 Å². The number of morpholine rings is 1. The van der Waals surface area contributed by atoms with Crippen LogP contribution in [0.2, 0.25) is 0 Å². The Hall–Kier alpha value is -3.95. The highest BCUT2D eigenvalue weighted by molar-refractivity contribution is 5.69. The first kappa shape index (κ1) is 22.8. The fraction of sp³-hybridized carbons (Fsp3) is 0.269. The van der Waals surface area contributed by atoms with E-state index in [4.69, 9.17) is 20.4 Å². The quantitative estimate of drug-likeness (QED) is 0.438. The van der Waals surface area contributed by atoms with Crippen LogP contribution in [0.4, 0.5) is 11.9 Å². The fourth-order valence-electron chi connectivity index (χ4n) is 4.11. The minimum absolute atomic E-state index is 0.236. The van der Waals surface area contributed by atoms with Crippen molar-refractivity contribution in [3.8, 4) is 22.5 Å². The maximum atomic E-state index is 5.69. The standard InChI is InChI=1S/C26H28N8O/c1-33(18-20-5-3-7-28-14-20)17-19-4-2-6-21(12-19)23-13-24(22-15-29-25(27)30-16-22)32-26(31-23)34-8-10-35-11-9-34/h2-7,12-16H,8-11,17-18H2,1H3,(H2,27,29,30). The summed E-state index contributed by atoms with van der Waals surface area (Å²) in [5, 5.41) is 0. The normalized spacial score (nSPS) is 13.8. The Balaban J connectivity index is 1.45. The average molecular weight is 469 g/mol. The zero-order valence-corrected chi connectivity index (χ0v) is 19.7. The molecule has 3 aromatic heterocycles. The summed E-state index contributed by atoms with van der Waals surface area (Å²) in [4.78, 5) is 26.7. The Labute approximate surface area is 204 Å². The number of hydrogen-bond acceptors (Lipinski definition) is 9. The molecule has 2 N–H and O–H groups in total. The number of benzene rings is 1. The van der Waals surface area contributed by atoms with Crippen molar-refractivity contribution in [1.82, 2.24) is 29.8 Å². The summed E-state index contributed by atoms with van der Waals surface area (Å²) in [6.07, 6.45) is 7.09. The van der Waals surface area contributed by atoms with E-state index in [9.17, 15) is 0 Å². The van der Waals surface area contributed by atoms with Gasteiger partial charge in [0.05, 0.1) is 24.6 Å². The van der Waals surface area contributed by atoms with Crippen molar-refractivity contribution < 1.29 is 4.74 Å². The van der Waals surface area contributed by atoms with Crippen LogP contribution in [0, 0.1) is 0 Å². The maximum absolute atomic E-state index is 5.69. The largest absolute Gasteiger partial charge is 0.378 e. The van der Waals surface area contributed by atoms with Gasteiger partial charge in [-0.2, -0.15) is 0 Å². The van der Waals surface area contributed by atoms with Crippen molar-refractivity contribution in [3.05, 3.63) is 78.4 Å². The second-order valence-electron chi connectivity index (χ2n) is 8.60. The van der Waals surface area contributed by atoms with Crippen LogP contribution in [0.3, 0.4) is 0 Å². The Morgan fingerprint density at radius 1 is 0.886 bits per heavy atom. The molecule has 1 fully saturated rings. The van der Waals surface area contributed by atoms with Gasteiger partial charge in [0.2, 0.25) is 11.9 Å². The summed E-state index contributed by atoms with van der Waals surface area (Å²) in [5.41, 5.74) is 11.5. The van der Waals surface area contributed by atoms with Crippen molar-refractivity contribution >= 4 is 11.9 Å². The van der Waals surface area contributed by atoms with Crippen molar-refractivity contribution in [2.24, 2.45) is 0 Å². The van der Waals surface area contributed by atoms with E-state index < -0.39 is 0 Å². The van der Waals surface area contributed by atoms with Gasteiger partial charge in [-0.15, -0.1) is 0 Å². The van der Waals surface area contributed by atoms with Gasteiger partial charge in [0.15, 0.2) is 0 Å². The number of nitrogens with two attached hydrogens (primary N) is 1. The lowest BCUT2D eigenvalue weighted by Crippen LogP contribution is -2.37. The van der Waals surface area contributed by atoms with Gasteiger partial charge in [-0.1, -0.05) is 24.3 Å². The maximum Gasteiger partial charge on any atom is 0.226 e. The van der Waals surface area contributed by atoms with Gasteiger partial charge in [0, 0.05) is 62.1 Å². The summed E-state index contributed by atoms with van der Waals surface area (Å²) in [6.45, 7) is 4.46. The second-order valence-corrected chi connectivity index (χ2v) is 8.60. The van der Waals surface area contributed by atoms with Crippen molar-refractivity contribution in [3.63, 3.8) is 0 Å². The lowest BCUT2D eigenvalue weighted by molar-refractivity contribution is 0.122. The van der Waals surface area contributed by atoms with Gasteiger partial charge in [-0.3, -0.25) is 9.88 Å². The summed E-state index contributed by atoms with van der Waals surface area (Å²) >= 11 is 0. The molecule has 1 saturated heterocycles. The summed E-state index contributed by atoms with van der Waals surface area (Å²) in [5.74, 6) is 0.913. The van der Waals surface area contributed by atoms with Crippen LogP contribution < -0.4 is 10.6 Å². The Morgan fingerprint density at radius 3 is 2.34 bits per heavy atom. The van der Waals surface area contributed by atoms with Gasteiger partial charge in [0.1, 0.15) is 0 Å². The van der Waals surface area contributed by atoms with Gasteiger partial charge in [-0.25, -0.2) is 19.9 Å². The number of rotatable bonds is 7. The highest BCUT2D eigenvalue weighted by atomic mass is 16.5. The van der Waals surface area contributed by atoms with E-state index in [1.165, 1.54) is 11.1 Å². The number of pyridine rings is 1. The highest BCUT2D eigenvalue weighted by Crippen LogP contribution is 2.27. The fourth-order valence-corrected chi connectivity index (χ4v) is 4.11. The predicted octanol–water partition coefficient (Wildman–Crippen LogP) is 3.05. The lowest BCUT2D eigenvalue weighted by Gasteiger charge is -2.27. The Bertz CT molecular complexity index is 1260. The Morgan fingerprint density at radius 2 is 1.60 bits per heavy atom. The van der Waals surface area contributed by atoms with Gasteiger partial charge >= 0.3 is 0 Å². The Kier molecular flexibility index (Phi) is 6.87. The van der Waals surface area contributed by atoms with Crippen LogP contribution in [-0.2, 0) is 17.8 Å². The van der Waals surface area contributed by atoms with Crippen molar-refractivity contribution in [2.75, 3.05) is 44.0 Å². The third-order valence-corrected chi connectivity index (χ3v) is 5.83. The average Bonchev–Trinajstić information content (AvgIpc) is 2.90. The molecule has 0 amide bonds. The van der Waals surface area contributed by atoms with E-state index in [-0.39, 0.29) is 5.95 Å². The number of ether oxygens (including phenoxy) is 1. The molecule has 0 saturated carbocycles. The number of nitrogens with zero attached hydrogens (tertiary/aromatic N) is 7. The molecule has 1 aromatic carbocycles. The molecule has 35 heavy (non-hydrogen) atoms. The molecule has 0 atom stereocenters. The lowest BCUT2D eigenvalue weighted by atomic mass is 10.1. The minimum atomic E-state index is 0.236. The molecule has 178 valence electrons. The molecule has 1 aliphatic rings. The minimum Gasteiger partial charge on any atom is -0.378 e. The van der Waals surface area contributed by atoms with Crippen LogP contribution >= 0.6 is 0 Å². The number of aromatic nitrogens is 5. The van der Waals surface area contributed by atoms with Crippen molar-refractivity contribution in [2.45, 2.75) is 13.1 Å². The van der Waals surface area contributed by atoms with E-state index in [0.29, 0.717) is 19.2 Å². The molecule has 0 bridgehead atoms. The van der Waals surface area contributed by atoms with Gasteiger partial charge < -0.3 is 15.4 Å². The molecule has 5 rings (SSSR count). The van der Waals surface area contributed by atoms with Crippen LogP contribution in [0.15, 0.2) is 67.3 Å². The summed E-state index contributed by atoms with van der Waals surface area (Å²) in [6, 6.07) is 14.5. The molecule has 1 aliphatic heterocycles. The van der Waals surface area contributed by atoms with E-state index in [1.807, 2.05) is 18.3 Å². The van der Waals surface area contributed by atoms with Crippen molar-refractivity contribution in [1.29, 1.82) is 0 Å². The molecule has 0 unspecified atom stereocenters. The first-order chi connectivity index (χ1) is 17.1.